The van der Waals surface area contributed by atoms with E-state index >= 15 is 0 Å². The molecule has 2 aromatic carbocycles. The number of benzene rings is 2. The second-order valence-corrected chi connectivity index (χ2v) is 7.47. The van der Waals surface area contributed by atoms with Gasteiger partial charge in [0.15, 0.2) is 5.78 Å². The number of ketones is 1. The van der Waals surface area contributed by atoms with Gasteiger partial charge in [-0.3, -0.25) is 9.59 Å². The van der Waals surface area contributed by atoms with Crippen LogP contribution in [0.2, 0.25) is 0 Å². The summed E-state index contributed by atoms with van der Waals surface area (Å²) in [5.74, 6) is 0.0453. The average Bonchev–Trinajstić information content (AvgIpc) is 3.09. The smallest absolute Gasteiger partial charge is 0.315 e. The largest absolute Gasteiger partial charge is 0.492 e. The first kappa shape index (κ1) is 17.7. The molecule has 2 heterocycles. The molecule has 2 atom stereocenters. The Bertz CT molecular complexity index is 850. The molecular formula is C22H23NO4. The maximum absolute atomic E-state index is 12.3. The quantitative estimate of drug-likeness (QED) is 0.796. The third kappa shape index (κ3) is 3.23. The fourth-order valence-electron chi connectivity index (χ4n) is 4.34. The summed E-state index contributed by atoms with van der Waals surface area (Å²) in [5.41, 5.74) is 0.809. The molecule has 1 saturated heterocycles. The Kier molecular flexibility index (Phi) is 4.70. The first-order valence-electron chi connectivity index (χ1n) is 9.36. The molecule has 5 nitrogen and oxygen atoms in total. The summed E-state index contributed by atoms with van der Waals surface area (Å²) in [6.45, 7) is 2.06. The van der Waals surface area contributed by atoms with Gasteiger partial charge in [-0.15, -0.1) is 0 Å². The molecule has 140 valence electrons. The predicted octanol–water partition coefficient (Wildman–Crippen LogP) is 3.21. The van der Waals surface area contributed by atoms with E-state index in [4.69, 9.17) is 4.74 Å². The first-order valence-corrected chi connectivity index (χ1v) is 9.36. The molecule has 1 fully saturated rings. The minimum Gasteiger partial charge on any atom is -0.492 e. The Morgan fingerprint density at radius 2 is 1.85 bits per heavy atom. The number of likely N-dealkylation sites (tertiary alicyclic amines) is 1. The van der Waals surface area contributed by atoms with E-state index in [1.54, 1.807) is 0 Å². The van der Waals surface area contributed by atoms with Crippen molar-refractivity contribution < 1.29 is 19.4 Å². The van der Waals surface area contributed by atoms with Crippen molar-refractivity contribution >= 4 is 11.8 Å². The fraction of sp³-hybridized carbons (Fsp3) is 0.364. The third-order valence-corrected chi connectivity index (χ3v) is 5.79. The number of carboxylic acid groups (broad SMARTS) is 1. The Morgan fingerprint density at radius 3 is 2.63 bits per heavy atom. The molecule has 0 unspecified atom stereocenters. The Morgan fingerprint density at radius 1 is 1.11 bits per heavy atom. The molecule has 5 heteroatoms. The number of carbonyl (C=O) groups excluding carboxylic acids is 1. The van der Waals surface area contributed by atoms with Gasteiger partial charge in [-0.2, -0.15) is 0 Å². The molecule has 0 aromatic heterocycles. The van der Waals surface area contributed by atoms with Gasteiger partial charge in [0.1, 0.15) is 17.8 Å². The Hall–Kier alpha value is -2.66. The zero-order chi connectivity index (χ0) is 18.9. The van der Waals surface area contributed by atoms with Gasteiger partial charge in [0.05, 0.1) is 0 Å². The van der Waals surface area contributed by atoms with E-state index in [0.29, 0.717) is 26.1 Å². The normalized spacial score (nSPS) is 23.9. The zero-order valence-corrected chi connectivity index (χ0v) is 15.1. The van der Waals surface area contributed by atoms with Crippen LogP contribution >= 0.6 is 0 Å². The van der Waals surface area contributed by atoms with Gasteiger partial charge in [-0.1, -0.05) is 48.5 Å². The lowest BCUT2D eigenvalue weighted by atomic mass is 9.73. The molecule has 0 radical (unpaired) electrons. The van der Waals surface area contributed by atoms with E-state index < -0.39 is 11.4 Å². The van der Waals surface area contributed by atoms with E-state index in [0.717, 1.165) is 23.3 Å². The monoisotopic (exact) mass is 365 g/mol. The predicted molar refractivity (Wildman–Crippen MR) is 101 cm³/mol. The van der Waals surface area contributed by atoms with Crippen molar-refractivity contribution in [3.63, 3.8) is 0 Å². The Labute approximate surface area is 158 Å². The highest BCUT2D eigenvalue weighted by Crippen LogP contribution is 2.49. The summed E-state index contributed by atoms with van der Waals surface area (Å²) in [5, 5.41) is 9.94. The number of hydrogen-bond acceptors (Lipinski definition) is 4. The topological polar surface area (TPSA) is 66.8 Å². The highest BCUT2D eigenvalue weighted by Gasteiger charge is 2.56. The zero-order valence-electron chi connectivity index (χ0n) is 15.1. The molecule has 2 aliphatic heterocycles. The molecule has 2 aromatic rings. The molecular weight excluding hydrogens is 342 g/mol. The molecule has 27 heavy (non-hydrogen) atoms. The molecule has 0 saturated carbocycles. The Balaban J connectivity index is 1.43. The maximum atomic E-state index is 12.3. The first-order chi connectivity index (χ1) is 13.1. The number of hydrogen-bond donors (Lipinski definition) is 1. The number of aliphatic carboxylic acids is 1. The van der Waals surface area contributed by atoms with E-state index in [-0.39, 0.29) is 18.3 Å². The lowest BCUT2D eigenvalue weighted by Gasteiger charge is -2.35. The molecule has 2 aliphatic rings. The van der Waals surface area contributed by atoms with Crippen LogP contribution in [-0.4, -0.2) is 48.0 Å². The molecule has 4 rings (SSSR count). The van der Waals surface area contributed by atoms with Crippen LogP contribution in [0.25, 0.3) is 0 Å². The number of Topliss-reactive ketones (excluding diaryl/α,β-unsaturated/α-hetero) is 1. The number of carboxylic acids is 1. The number of ether oxygens (including phenoxy) is 1. The highest BCUT2D eigenvalue weighted by atomic mass is 16.5. The number of carbonyl (C=O) groups is 2. The van der Waals surface area contributed by atoms with Crippen molar-refractivity contribution in [1.82, 2.24) is 4.90 Å². The lowest BCUT2D eigenvalue weighted by molar-refractivity contribution is -0.151. The van der Waals surface area contributed by atoms with Gasteiger partial charge < -0.3 is 14.7 Å². The van der Waals surface area contributed by atoms with Crippen LogP contribution in [0, 0.1) is 5.41 Å². The minimum absolute atomic E-state index is 0.0789. The summed E-state index contributed by atoms with van der Waals surface area (Å²) in [6.07, 6.45) is 1.19. The van der Waals surface area contributed by atoms with Crippen molar-refractivity contribution in [1.29, 1.82) is 0 Å². The van der Waals surface area contributed by atoms with Crippen molar-refractivity contribution in [3.05, 3.63) is 65.7 Å². The highest BCUT2D eigenvalue weighted by molar-refractivity contribution is 5.95. The maximum Gasteiger partial charge on any atom is 0.315 e. The van der Waals surface area contributed by atoms with Gasteiger partial charge in [-0.05, 0) is 24.6 Å². The van der Waals surface area contributed by atoms with Crippen LogP contribution in [0.5, 0.6) is 5.75 Å². The number of fused-ring (bicyclic) bond motifs is 3. The summed E-state index contributed by atoms with van der Waals surface area (Å²) >= 11 is 0. The number of para-hydroxylation sites is 1. The van der Waals surface area contributed by atoms with Crippen molar-refractivity contribution in [2.24, 2.45) is 5.41 Å². The molecule has 0 spiro atoms. The van der Waals surface area contributed by atoms with E-state index in [1.807, 2.05) is 54.6 Å². The van der Waals surface area contributed by atoms with Gasteiger partial charge in [-0.25, -0.2) is 0 Å². The standard InChI is InChI=1S/C22H23NO4/c24-19(16-7-2-1-3-8-16)10-6-12-23-13-18-17-9-4-5-11-20(17)27-15-22(18,14-23)21(25)26/h1-5,7-9,11,18H,6,10,12-15H2,(H,25,26)/t18-,22-/m0/s1. The fourth-order valence-corrected chi connectivity index (χ4v) is 4.34. The number of rotatable bonds is 6. The van der Waals surface area contributed by atoms with E-state index in [2.05, 4.69) is 4.90 Å². The average molecular weight is 365 g/mol. The lowest BCUT2D eigenvalue weighted by Crippen LogP contribution is -2.45. The van der Waals surface area contributed by atoms with Crippen LogP contribution in [0.1, 0.15) is 34.7 Å². The van der Waals surface area contributed by atoms with Crippen LogP contribution in [0.15, 0.2) is 54.6 Å². The minimum atomic E-state index is -0.905. The second kappa shape index (κ2) is 7.16. The number of nitrogens with zero attached hydrogens (tertiary/aromatic N) is 1. The molecule has 1 N–H and O–H groups in total. The SMILES string of the molecule is O=C(CCCN1C[C@H]2c3ccccc3OC[C@@]2(C(=O)O)C1)c1ccccc1. The summed E-state index contributed by atoms with van der Waals surface area (Å²) < 4.78 is 5.79. The van der Waals surface area contributed by atoms with E-state index in [9.17, 15) is 14.7 Å². The molecule has 0 bridgehead atoms. The summed E-state index contributed by atoms with van der Waals surface area (Å²) in [7, 11) is 0. The van der Waals surface area contributed by atoms with Gasteiger partial charge in [0, 0.05) is 31.0 Å². The van der Waals surface area contributed by atoms with Crippen molar-refractivity contribution in [2.75, 3.05) is 26.2 Å². The summed E-state index contributed by atoms with van der Waals surface area (Å²) in [4.78, 5) is 26.6. The second-order valence-electron chi connectivity index (χ2n) is 7.47. The van der Waals surface area contributed by atoms with Crippen LogP contribution < -0.4 is 4.74 Å². The molecule has 0 aliphatic carbocycles. The molecule has 0 amide bonds. The van der Waals surface area contributed by atoms with Crippen molar-refractivity contribution in [3.8, 4) is 5.75 Å². The van der Waals surface area contributed by atoms with Crippen molar-refractivity contribution in [2.45, 2.75) is 18.8 Å². The third-order valence-electron chi connectivity index (χ3n) is 5.79. The summed E-state index contributed by atoms with van der Waals surface area (Å²) in [6, 6.07) is 17.0. The van der Waals surface area contributed by atoms with Crippen LogP contribution in [0.4, 0.5) is 0 Å². The van der Waals surface area contributed by atoms with Crippen LogP contribution in [-0.2, 0) is 4.79 Å². The van der Waals surface area contributed by atoms with E-state index in [1.165, 1.54) is 0 Å². The van der Waals surface area contributed by atoms with Gasteiger partial charge in [0.25, 0.3) is 0 Å². The van der Waals surface area contributed by atoms with Gasteiger partial charge in [0.2, 0.25) is 0 Å². The van der Waals surface area contributed by atoms with Gasteiger partial charge >= 0.3 is 5.97 Å². The van der Waals surface area contributed by atoms with Crippen LogP contribution in [0.3, 0.4) is 0 Å².